The summed E-state index contributed by atoms with van der Waals surface area (Å²) in [5, 5.41) is 0. The fourth-order valence-corrected chi connectivity index (χ4v) is 3.58. The number of hydrogen-bond donors (Lipinski definition) is 0. The maximum absolute atomic E-state index is 12.3. The van der Waals surface area contributed by atoms with Gasteiger partial charge in [-0.2, -0.15) is 0 Å². The highest BCUT2D eigenvalue weighted by Crippen LogP contribution is 2.68. The smallest absolute Gasteiger partial charge is 0.311 e. The molecule has 108 valence electrons. The van der Waals surface area contributed by atoms with Gasteiger partial charge in [0.1, 0.15) is 0 Å². The van der Waals surface area contributed by atoms with E-state index in [9.17, 15) is 4.79 Å². The van der Waals surface area contributed by atoms with Gasteiger partial charge in [-0.3, -0.25) is 4.79 Å². The van der Waals surface area contributed by atoms with E-state index in [1.807, 2.05) is 67.6 Å². The Morgan fingerprint density at radius 1 is 1.10 bits per heavy atom. The van der Waals surface area contributed by atoms with Gasteiger partial charge in [0.05, 0.1) is 17.4 Å². The van der Waals surface area contributed by atoms with Crippen LogP contribution in [0.3, 0.4) is 0 Å². The summed E-state index contributed by atoms with van der Waals surface area (Å²) in [6.07, 6.45) is 0. The van der Waals surface area contributed by atoms with Crippen LogP contribution in [0.1, 0.15) is 24.0 Å². The molecule has 0 saturated heterocycles. The molecule has 0 spiro atoms. The zero-order valence-electron chi connectivity index (χ0n) is 11.8. The second-order valence-electron chi connectivity index (χ2n) is 5.25. The van der Waals surface area contributed by atoms with Crippen LogP contribution in [0.5, 0.6) is 0 Å². The van der Waals surface area contributed by atoms with Gasteiger partial charge in [-0.25, -0.2) is 0 Å². The predicted octanol–water partition coefficient (Wildman–Crippen LogP) is 4.10. The van der Waals surface area contributed by atoms with Crippen LogP contribution in [0.25, 0.3) is 0 Å². The van der Waals surface area contributed by atoms with E-state index in [0.29, 0.717) is 6.61 Å². The van der Waals surface area contributed by atoms with Gasteiger partial charge in [-0.15, -0.1) is 11.6 Å². The fourth-order valence-electron chi connectivity index (χ4n) is 3.05. The minimum absolute atomic E-state index is 0.0400. The van der Waals surface area contributed by atoms with Gasteiger partial charge >= 0.3 is 5.97 Å². The van der Waals surface area contributed by atoms with Crippen molar-refractivity contribution in [3.63, 3.8) is 0 Å². The summed E-state index contributed by atoms with van der Waals surface area (Å²) < 4.78 is 5.21. The second-order valence-corrected chi connectivity index (χ2v) is 5.88. The van der Waals surface area contributed by atoms with Crippen LogP contribution >= 0.6 is 11.6 Å². The van der Waals surface area contributed by atoms with E-state index in [2.05, 4.69) is 0 Å². The lowest BCUT2D eigenvalue weighted by molar-refractivity contribution is -0.145. The number of ether oxygens (including phenoxy) is 1. The first-order chi connectivity index (χ1) is 10.2. The van der Waals surface area contributed by atoms with E-state index in [-0.39, 0.29) is 17.8 Å². The Morgan fingerprint density at radius 2 is 1.67 bits per heavy atom. The van der Waals surface area contributed by atoms with Crippen LogP contribution in [0.4, 0.5) is 0 Å². The molecule has 0 N–H and O–H groups in total. The fraction of sp³-hybridized carbons (Fsp3) is 0.278. The molecular formula is C18H17ClO2. The average molecular weight is 301 g/mol. The standard InChI is InChI=1S/C18H17ClO2/c1-2-21-17(20)16-15(13-9-5-3-6-10-13)18(16,19)14-11-7-4-8-12-14/h3-12,15-16H,2H2,1H3. The first-order valence-corrected chi connectivity index (χ1v) is 7.53. The molecule has 0 heterocycles. The third kappa shape index (κ3) is 2.34. The van der Waals surface area contributed by atoms with Crippen molar-refractivity contribution in [3.05, 3.63) is 71.8 Å². The van der Waals surface area contributed by atoms with E-state index in [1.54, 1.807) is 0 Å². The summed E-state index contributed by atoms with van der Waals surface area (Å²) in [5.41, 5.74) is 2.05. The first kappa shape index (κ1) is 14.2. The highest BCUT2D eigenvalue weighted by molar-refractivity contribution is 6.29. The van der Waals surface area contributed by atoms with Gasteiger partial charge in [0.15, 0.2) is 0 Å². The molecule has 21 heavy (non-hydrogen) atoms. The summed E-state index contributed by atoms with van der Waals surface area (Å²) in [4.78, 5) is 11.6. The van der Waals surface area contributed by atoms with Gasteiger partial charge in [-0.05, 0) is 18.1 Å². The Kier molecular flexibility index (Phi) is 3.73. The van der Waals surface area contributed by atoms with Crippen LogP contribution in [-0.4, -0.2) is 12.6 Å². The molecule has 2 aromatic rings. The lowest BCUT2D eigenvalue weighted by Crippen LogP contribution is -2.12. The van der Waals surface area contributed by atoms with E-state index in [1.165, 1.54) is 0 Å². The molecule has 0 radical (unpaired) electrons. The second kappa shape index (κ2) is 5.53. The number of carbonyl (C=O) groups excluding carboxylic acids is 1. The van der Waals surface area contributed by atoms with Crippen LogP contribution in [0.2, 0.25) is 0 Å². The van der Waals surface area contributed by atoms with Crippen LogP contribution < -0.4 is 0 Å². The number of benzene rings is 2. The zero-order chi connectivity index (χ0) is 14.9. The van der Waals surface area contributed by atoms with Crippen molar-refractivity contribution in [3.8, 4) is 0 Å². The Balaban J connectivity index is 1.99. The van der Waals surface area contributed by atoms with E-state index in [4.69, 9.17) is 16.3 Å². The summed E-state index contributed by atoms with van der Waals surface area (Å²) in [6.45, 7) is 2.19. The third-order valence-corrected chi connectivity index (χ3v) is 4.73. The molecular weight excluding hydrogens is 284 g/mol. The maximum atomic E-state index is 12.3. The normalized spacial score (nSPS) is 27.1. The lowest BCUT2D eigenvalue weighted by atomic mass is 10.0. The van der Waals surface area contributed by atoms with E-state index in [0.717, 1.165) is 11.1 Å². The molecule has 1 saturated carbocycles. The molecule has 0 bridgehead atoms. The zero-order valence-corrected chi connectivity index (χ0v) is 12.6. The quantitative estimate of drug-likeness (QED) is 0.628. The molecule has 3 atom stereocenters. The Bertz CT molecular complexity index is 626. The first-order valence-electron chi connectivity index (χ1n) is 7.15. The van der Waals surface area contributed by atoms with Crippen LogP contribution in [0, 0.1) is 5.92 Å². The van der Waals surface area contributed by atoms with E-state index >= 15 is 0 Å². The molecule has 3 unspecified atom stereocenters. The topological polar surface area (TPSA) is 26.3 Å². The van der Waals surface area contributed by atoms with Gasteiger partial charge < -0.3 is 4.74 Å². The molecule has 3 heteroatoms. The lowest BCUT2D eigenvalue weighted by Gasteiger charge is -2.10. The van der Waals surface area contributed by atoms with Gasteiger partial charge in [0, 0.05) is 5.92 Å². The molecule has 1 aliphatic carbocycles. The van der Waals surface area contributed by atoms with Crippen LogP contribution in [0.15, 0.2) is 60.7 Å². The molecule has 3 rings (SSSR count). The summed E-state index contributed by atoms with van der Waals surface area (Å²) in [5.74, 6) is -0.587. The number of rotatable bonds is 4. The largest absolute Gasteiger partial charge is 0.466 e. The minimum Gasteiger partial charge on any atom is -0.466 e. The highest BCUT2D eigenvalue weighted by Gasteiger charge is 2.69. The molecule has 0 amide bonds. The number of alkyl halides is 1. The van der Waals surface area contributed by atoms with Crippen molar-refractivity contribution < 1.29 is 9.53 Å². The van der Waals surface area contributed by atoms with Crippen molar-refractivity contribution in [2.75, 3.05) is 6.61 Å². The van der Waals surface area contributed by atoms with Crippen molar-refractivity contribution in [1.29, 1.82) is 0 Å². The SMILES string of the molecule is CCOC(=O)C1C(c2ccccc2)C1(Cl)c1ccccc1. The van der Waals surface area contributed by atoms with Crippen molar-refractivity contribution >= 4 is 17.6 Å². The maximum Gasteiger partial charge on any atom is 0.311 e. The van der Waals surface area contributed by atoms with Crippen LogP contribution in [-0.2, 0) is 14.4 Å². The molecule has 0 aliphatic heterocycles. The van der Waals surface area contributed by atoms with Gasteiger partial charge in [0.2, 0.25) is 0 Å². The molecule has 2 nitrogen and oxygen atoms in total. The highest BCUT2D eigenvalue weighted by atomic mass is 35.5. The predicted molar refractivity (Wildman–Crippen MR) is 83.3 cm³/mol. The van der Waals surface area contributed by atoms with Crippen molar-refractivity contribution in [2.24, 2.45) is 5.92 Å². The number of esters is 1. The number of hydrogen-bond acceptors (Lipinski definition) is 2. The third-order valence-electron chi connectivity index (χ3n) is 4.04. The Hall–Kier alpha value is -1.80. The Morgan fingerprint density at radius 3 is 2.24 bits per heavy atom. The summed E-state index contributed by atoms with van der Waals surface area (Å²) >= 11 is 6.87. The monoisotopic (exact) mass is 300 g/mol. The summed E-state index contributed by atoms with van der Waals surface area (Å²) in [6, 6.07) is 19.7. The number of halogens is 1. The minimum atomic E-state index is -0.700. The average Bonchev–Trinajstić information content (AvgIpc) is 3.17. The van der Waals surface area contributed by atoms with Crippen molar-refractivity contribution in [2.45, 2.75) is 17.7 Å². The van der Waals surface area contributed by atoms with Crippen molar-refractivity contribution in [1.82, 2.24) is 0 Å². The molecule has 1 fully saturated rings. The summed E-state index contributed by atoms with van der Waals surface area (Å²) in [7, 11) is 0. The molecule has 0 aromatic heterocycles. The van der Waals surface area contributed by atoms with E-state index < -0.39 is 4.87 Å². The van der Waals surface area contributed by atoms with Gasteiger partial charge in [0.25, 0.3) is 0 Å². The number of carbonyl (C=O) groups is 1. The molecule has 1 aliphatic rings. The molecule has 2 aromatic carbocycles. The van der Waals surface area contributed by atoms with Gasteiger partial charge in [-0.1, -0.05) is 60.7 Å². The Labute approximate surface area is 129 Å².